The highest BCUT2D eigenvalue weighted by atomic mass is 32.1. The minimum absolute atomic E-state index is 0.185. The Morgan fingerprint density at radius 1 is 1.16 bits per heavy atom. The molecule has 6 nitrogen and oxygen atoms in total. The van der Waals surface area contributed by atoms with Crippen LogP contribution in [0.25, 0.3) is 0 Å². The summed E-state index contributed by atoms with van der Waals surface area (Å²) in [5.41, 5.74) is 2.00. The molecule has 0 atom stereocenters. The van der Waals surface area contributed by atoms with Crippen molar-refractivity contribution in [2.45, 2.75) is 6.92 Å². The van der Waals surface area contributed by atoms with Gasteiger partial charge in [0.15, 0.2) is 16.6 Å². The van der Waals surface area contributed by atoms with Crippen LogP contribution in [0.4, 0.5) is 5.69 Å². The van der Waals surface area contributed by atoms with Crippen LogP contribution in [0.15, 0.2) is 36.4 Å². The summed E-state index contributed by atoms with van der Waals surface area (Å²) in [6.45, 7) is 2.92. The van der Waals surface area contributed by atoms with Crippen molar-refractivity contribution < 1.29 is 19.0 Å². The number of hydrogen-bond donors (Lipinski definition) is 2. The van der Waals surface area contributed by atoms with Crippen molar-refractivity contribution in [3.05, 3.63) is 47.5 Å². The summed E-state index contributed by atoms with van der Waals surface area (Å²) in [6, 6.07) is 10.7. The second-order valence-corrected chi connectivity index (χ2v) is 5.83. The summed E-state index contributed by atoms with van der Waals surface area (Å²) in [5.74, 6) is 1.53. The van der Waals surface area contributed by atoms with Gasteiger partial charge in [-0.3, -0.25) is 10.1 Å². The molecule has 1 aliphatic heterocycles. The smallest absolute Gasteiger partial charge is 0.261 e. The van der Waals surface area contributed by atoms with Crippen LogP contribution in [0.5, 0.6) is 17.2 Å². The van der Waals surface area contributed by atoms with E-state index in [1.54, 1.807) is 30.3 Å². The molecular weight excluding hydrogens is 340 g/mol. The number of aryl methyl sites for hydroxylation is 1. The predicted molar refractivity (Wildman–Crippen MR) is 98.8 cm³/mol. The molecule has 25 heavy (non-hydrogen) atoms. The molecule has 0 unspecified atom stereocenters. The number of rotatable bonds is 3. The Morgan fingerprint density at radius 2 is 1.92 bits per heavy atom. The Morgan fingerprint density at radius 3 is 2.68 bits per heavy atom. The molecule has 1 heterocycles. The number of carbonyl (C=O) groups excluding carboxylic acids is 1. The van der Waals surface area contributed by atoms with Crippen molar-refractivity contribution in [1.82, 2.24) is 5.32 Å². The van der Waals surface area contributed by atoms with Crippen LogP contribution in [-0.4, -0.2) is 31.3 Å². The highest BCUT2D eigenvalue weighted by Crippen LogP contribution is 2.32. The summed E-state index contributed by atoms with van der Waals surface area (Å²) in [4.78, 5) is 12.4. The van der Waals surface area contributed by atoms with Gasteiger partial charge in [0.05, 0.1) is 12.7 Å². The van der Waals surface area contributed by atoms with E-state index in [2.05, 4.69) is 10.6 Å². The molecule has 0 saturated heterocycles. The van der Waals surface area contributed by atoms with Gasteiger partial charge in [0.1, 0.15) is 19.0 Å². The van der Waals surface area contributed by atoms with Gasteiger partial charge in [0.25, 0.3) is 5.91 Å². The number of carbonyl (C=O) groups is 1. The third kappa shape index (κ3) is 3.83. The molecule has 2 N–H and O–H groups in total. The number of methoxy groups -OCH3 is 1. The predicted octanol–water partition coefficient (Wildman–Crippen LogP) is 2.90. The number of benzene rings is 2. The first kappa shape index (κ1) is 17.0. The molecule has 0 fully saturated rings. The molecule has 7 heteroatoms. The lowest BCUT2D eigenvalue weighted by molar-refractivity contribution is 0.0974. The second-order valence-electron chi connectivity index (χ2n) is 5.42. The molecule has 0 aromatic heterocycles. The fraction of sp³-hybridized carbons (Fsp3) is 0.222. The zero-order valence-electron chi connectivity index (χ0n) is 13.9. The number of nitrogens with one attached hydrogen (secondary N) is 2. The van der Waals surface area contributed by atoms with Crippen molar-refractivity contribution in [1.29, 1.82) is 0 Å². The average molecular weight is 358 g/mol. The van der Waals surface area contributed by atoms with E-state index >= 15 is 0 Å². The van der Waals surface area contributed by atoms with Gasteiger partial charge in [0.2, 0.25) is 0 Å². The van der Waals surface area contributed by atoms with Crippen molar-refractivity contribution >= 4 is 28.9 Å². The van der Waals surface area contributed by atoms with Crippen molar-refractivity contribution in [3.8, 4) is 17.2 Å². The molecule has 2 aromatic rings. The average Bonchev–Trinajstić information content (AvgIpc) is 2.61. The maximum atomic E-state index is 12.4. The van der Waals surface area contributed by atoms with Crippen LogP contribution in [-0.2, 0) is 0 Å². The lowest BCUT2D eigenvalue weighted by Gasteiger charge is -2.19. The molecule has 0 spiro atoms. The van der Waals surface area contributed by atoms with E-state index in [1.165, 1.54) is 7.11 Å². The Bertz CT molecular complexity index is 823. The topological polar surface area (TPSA) is 68.8 Å². The number of amides is 1. The zero-order valence-corrected chi connectivity index (χ0v) is 14.7. The molecule has 1 amide bonds. The number of para-hydroxylation sites is 1. The Labute approximate surface area is 151 Å². The van der Waals surface area contributed by atoms with E-state index in [-0.39, 0.29) is 11.0 Å². The van der Waals surface area contributed by atoms with Crippen molar-refractivity contribution in [2.24, 2.45) is 0 Å². The van der Waals surface area contributed by atoms with E-state index in [1.807, 2.05) is 13.0 Å². The molecule has 0 radical (unpaired) electrons. The number of ether oxygens (including phenoxy) is 3. The van der Waals surface area contributed by atoms with E-state index in [0.29, 0.717) is 41.7 Å². The van der Waals surface area contributed by atoms with E-state index in [0.717, 1.165) is 5.56 Å². The molecule has 2 aromatic carbocycles. The monoisotopic (exact) mass is 358 g/mol. The zero-order chi connectivity index (χ0) is 17.8. The number of fused-ring (bicyclic) bond motifs is 1. The first-order chi connectivity index (χ1) is 12.1. The first-order valence-corrected chi connectivity index (χ1v) is 8.15. The third-order valence-electron chi connectivity index (χ3n) is 3.69. The maximum Gasteiger partial charge on any atom is 0.261 e. The highest BCUT2D eigenvalue weighted by Gasteiger charge is 2.16. The minimum atomic E-state index is -0.337. The molecule has 1 aliphatic rings. The molecule has 130 valence electrons. The van der Waals surface area contributed by atoms with Gasteiger partial charge in [0, 0.05) is 11.8 Å². The van der Waals surface area contributed by atoms with Gasteiger partial charge in [-0.15, -0.1) is 0 Å². The van der Waals surface area contributed by atoms with Crippen molar-refractivity contribution in [2.75, 3.05) is 25.6 Å². The lowest BCUT2D eigenvalue weighted by atomic mass is 10.1. The molecule has 0 bridgehead atoms. The third-order valence-corrected chi connectivity index (χ3v) is 3.89. The van der Waals surface area contributed by atoms with Crippen LogP contribution < -0.4 is 24.8 Å². The Hall–Kier alpha value is -2.80. The number of anilines is 1. The van der Waals surface area contributed by atoms with Gasteiger partial charge < -0.3 is 19.5 Å². The van der Waals surface area contributed by atoms with Gasteiger partial charge >= 0.3 is 0 Å². The fourth-order valence-corrected chi connectivity index (χ4v) is 2.77. The van der Waals surface area contributed by atoms with Gasteiger partial charge in [-0.2, -0.15) is 0 Å². The van der Waals surface area contributed by atoms with Gasteiger partial charge in [-0.1, -0.05) is 12.1 Å². The largest absolute Gasteiger partial charge is 0.496 e. The normalized spacial score (nSPS) is 12.2. The van der Waals surface area contributed by atoms with E-state index in [4.69, 9.17) is 26.4 Å². The van der Waals surface area contributed by atoms with Gasteiger partial charge in [-0.05, 0) is 42.9 Å². The van der Waals surface area contributed by atoms with Crippen LogP contribution in [0, 0.1) is 6.92 Å². The number of hydrogen-bond acceptors (Lipinski definition) is 5. The second kappa shape index (κ2) is 7.40. The van der Waals surface area contributed by atoms with Crippen molar-refractivity contribution in [3.63, 3.8) is 0 Å². The lowest BCUT2D eigenvalue weighted by Crippen LogP contribution is -2.34. The summed E-state index contributed by atoms with van der Waals surface area (Å²) in [5, 5.41) is 5.81. The molecule has 0 aliphatic carbocycles. The van der Waals surface area contributed by atoms with Crippen LogP contribution in [0.2, 0.25) is 0 Å². The fourth-order valence-electron chi connectivity index (χ4n) is 2.56. The summed E-state index contributed by atoms with van der Waals surface area (Å²) >= 11 is 5.22. The first-order valence-electron chi connectivity index (χ1n) is 7.74. The van der Waals surface area contributed by atoms with Crippen LogP contribution in [0.3, 0.4) is 0 Å². The Balaban J connectivity index is 1.68. The quantitative estimate of drug-likeness (QED) is 0.823. The minimum Gasteiger partial charge on any atom is -0.496 e. The molecular formula is C18H18N2O4S. The highest BCUT2D eigenvalue weighted by molar-refractivity contribution is 7.80. The SMILES string of the molecule is COc1c(C)cccc1C(=O)NC(=S)Nc1ccc2c(c1)OCCO2. The summed E-state index contributed by atoms with van der Waals surface area (Å²) in [7, 11) is 1.53. The van der Waals surface area contributed by atoms with Gasteiger partial charge in [-0.25, -0.2) is 0 Å². The maximum absolute atomic E-state index is 12.4. The van der Waals surface area contributed by atoms with Crippen LogP contribution >= 0.6 is 12.2 Å². The van der Waals surface area contributed by atoms with E-state index in [9.17, 15) is 4.79 Å². The summed E-state index contributed by atoms with van der Waals surface area (Å²) < 4.78 is 16.3. The Kier molecular flexibility index (Phi) is 5.04. The van der Waals surface area contributed by atoms with E-state index < -0.39 is 0 Å². The molecule has 0 saturated carbocycles. The summed E-state index contributed by atoms with van der Waals surface area (Å²) in [6.07, 6.45) is 0. The number of thiocarbonyl (C=S) groups is 1. The molecule has 3 rings (SSSR count). The van der Waals surface area contributed by atoms with Crippen LogP contribution in [0.1, 0.15) is 15.9 Å². The standard InChI is InChI=1S/C18H18N2O4S/c1-11-4-3-5-13(16(11)22-2)17(21)20-18(25)19-12-6-7-14-15(10-12)24-9-8-23-14/h3-7,10H,8-9H2,1-2H3,(H2,19,20,21,25).